The van der Waals surface area contributed by atoms with Crippen LogP contribution >= 0.6 is 0 Å². The summed E-state index contributed by atoms with van der Waals surface area (Å²) >= 11 is 0. The third-order valence-electron chi connectivity index (χ3n) is 5.71. The zero-order valence-electron chi connectivity index (χ0n) is 20.0. The molecule has 178 valence electrons. The Bertz CT molecular complexity index is 1340. The highest BCUT2D eigenvalue weighted by Crippen LogP contribution is 2.31. The molecule has 0 bridgehead atoms. The van der Waals surface area contributed by atoms with Crippen molar-refractivity contribution in [2.24, 2.45) is 0 Å². The molecule has 1 heterocycles. The molecule has 7 heteroatoms. The Kier molecular flexibility index (Phi) is 6.68. The number of nitrogens with zero attached hydrogens (tertiary/aromatic N) is 1. The van der Waals surface area contributed by atoms with Crippen LogP contribution in [0, 0.1) is 20.8 Å². The number of methoxy groups -OCH3 is 1. The quantitative estimate of drug-likeness (QED) is 0.411. The molecule has 0 saturated carbocycles. The van der Waals surface area contributed by atoms with Crippen molar-refractivity contribution in [2.75, 3.05) is 12.0 Å². The second kappa shape index (κ2) is 9.85. The van der Waals surface area contributed by atoms with Crippen molar-refractivity contribution in [3.8, 4) is 11.5 Å². The Morgan fingerprint density at radius 1 is 0.857 bits per heavy atom. The number of barbiturate groups is 1. The van der Waals surface area contributed by atoms with E-state index in [1.54, 1.807) is 24.3 Å². The predicted octanol–water partition coefficient (Wildman–Crippen LogP) is 4.87. The maximum absolute atomic E-state index is 13.2. The van der Waals surface area contributed by atoms with Crippen molar-refractivity contribution in [1.29, 1.82) is 0 Å². The van der Waals surface area contributed by atoms with Crippen molar-refractivity contribution in [1.82, 2.24) is 5.32 Å². The topological polar surface area (TPSA) is 84.9 Å². The van der Waals surface area contributed by atoms with Crippen molar-refractivity contribution in [3.63, 3.8) is 0 Å². The molecule has 7 nitrogen and oxygen atoms in total. The van der Waals surface area contributed by atoms with Gasteiger partial charge in [0.1, 0.15) is 12.2 Å². The summed E-state index contributed by atoms with van der Waals surface area (Å²) in [5.41, 5.74) is 4.76. The standard InChI is InChI=1S/C28H26N2O5/c1-17-5-8-20(9-6-17)16-35-24-12-10-21(15-25(24)34-4)14-22-26(31)29-28(33)30(27(22)32)23-11-7-18(2)13-19(23)3/h5-15H,16H2,1-4H3,(H,29,31,33)/b22-14+. The second-order valence-corrected chi connectivity index (χ2v) is 8.43. The highest BCUT2D eigenvalue weighted by molar-refractivity contribution is 6.39. The molecule has 1 saturated heterocycles. The first-order valence-electron chi connectivity index (χ1n) is 11.1. The monoisotopic (exact) mass is 470 g/mol. The Hall–Kier alpha value is -4.39. The molecule has 4 rings (SSSR count). The van der Waals surface area contributed by atoms with Crippen LogP contribution in [0.4, 0.5) is 10.5 Å². The van der Waals surface area contributed by atoms with E-state index >= 15 is 0 Å². The molecule has 3 aromatic rings. The molecule has 0 radical (unpaired) electrons. The molecule has 0 unspecified atom stereocenters. The van der Waals surface area contributed by atoms with Gasteiger partial charge >= 0.3 is 6.03 Å². The summed E-state index contributed by atoms with van der Waals surface area (Å²) in [6, 6.07) is 17.7. The zero-order chi connectivity index (χ0) is 25.1. The summed E-state index contributed by atoms with van der Waals surface area (Å²) in [6.45, 7) is 6.12. The predicted molar refractivity (Wildman–Crippen MR) is 133 cm³/mol. The minimum atomic E-state index is -0.776. The molecule has 1 N–H and O–H groups in total. The summed E-state index contributed by atoms with van der Waals surface area (Å²) in [5, 5.41) is 2.26. The molecular weight excluding hydrogens is 444 g/mol. The SMILES string of the molecule is COc1cc(/C=C2\C(=O)NC(=O)N(c3ccc(C)cc3C)C2=O)ccc1OCc1ccc(C)cc1. The van der Waals surface area contributed by atoms with E-state index in [1.807, 2.05) is 57.2 Å². The lowest BCUT2D eigenvalue weighted by Gasteiger charge is -2.27. The number of hydrogen-bond acceptors (Lipinski definition) is 5. The third kappa shape index (κ3) is 5.09. The van der Waals surface area contributed by atoms with Gasteiger partial charge in [-0.3, -0.25) is 14.9 Å². The van der Waals surface area contributed by atoms with Gasteiger partial charge < -0.3 is 9.47 Å². The summed E-state index contributed by atoms with van der Waals surface area (Å²) in [4.78, 5) is 39.2. The molecule has 1 fully saturated rings. The summed E-state index contributed by atoms with van der Waals surface area (Å²) in [5.74, 6) is -0.455. The highest BCUT2D eigenvalue weighted by Gasteiger charge is 2.37. The van der Waals surface area contributed by atoms with E-state index in [-0.39, 0.29) is 5.57 Å². The first kappa shape index (κ1) is 23.8. The number of benzene rings is 3. The fourth-order valence-electron chi connectivity index (χ4n) is 3.84. The van der Waals surface area contributed by atoms with Gasteiger partial charge in [0, 0.05) is 0 Å². The van der Waals surface area contributed by atoms with Crippen LogP contribution in [0.5, 0.6) is 11.5 Å². The number of aryl methyl sites for hydroxylation is 3. The van der Waals surface area contributed by atoms with Gasteiger partial charge in [-0.25, -0.2) is 9.69 Å². The average Bonchev–Trinajstić information content (AvgIpc) is 2.83. The second-order valence-electron chi connectivity index (χ2n) is 8.43. The molecule has 35 heavy (non-hydrogen) atoms. The van der Waals surface area contributed by atoms with Crippen LogP contribution in [0.1, 0.15) is 27.8 Å². The molecule has 0 aliphatic carbocycles. The van der Waals surface area contributed by atoms with Crippen molar-refractivity contribution >= 4 is 29.6 Å². The number of amides is 4. The minimum Gasteiger partial charge on any atom is -0.493 e. The molecule has 0 spiro atoms. The normalized spacial score (nSPS) is 14.8. The Morgan fingerprint density at radius 3 is 2.26 bits per heavy atom. The molecule has 3 aromatic carbocycles. The minimum absolute atomic E-state index is 0.153. The van der Waals surface area contributed by atoms with Crippen LogP contribution in [0.15, 0.2) is 66.2 Å². The van der Waals surface area contributed by atoms with Crippen molar-refractivity contribution < 1.29 is 23.9 Å². The van der Waals surface area contributed by atoms with Crippen LogP contribution in [0.2, 0.25) is 0 Å². The molecule has 1 aliphatic heterocycles. The van der Waals surface area contributed by atoms with Gasteiger partial charge in [0.15, 0.2) is 11.5 Å². The van der Waals surface area contributed by atoms with E-state index in [1.165, 1.54) is 18.7 Å². The smallest absolute Gasteiger partial charge is 0.335 e. The number of nitrogens with one attached hydrogen (secondary N) is 1. The van der Waals surface area contributed by atoms with E-state index in [4.69, 9.17) is 9.47 Å². The Morgan fingerprint density at radius 2 is 1.57 bits per heavy atom. The number of rotatable bonds is 6. The van der Waals surface area contributed by atoms with Gasteiger partial charge in [-0.05, 0) is 61.7 Å². The molecular formula is C28H26N2O5. The van der Waals surface area contributed by atoms with Gasteiger partial charge in [-0.2, -0.15) is 0 Å². The lowest BCUT2D eigenvalue weighted by atomic mass is 10.0. The fourth-order valence-corrected chi connectivity index (χ4v) is 3.84. The molecule has 0 atom stereocenters. The van der Waals surface area contributed by atoms with Gasteiger partial charge in [0.05, 0.1) is 12.8 Å². The first-order valence-corrected chi connectivity index (χ1v) is 11.1. The largest absolute Gasteiger partial charge is 0.493 e. The van der Waals surface area contributed by atoms with Crippen LogP contribution < -0.4 is 19.7 Å². The third-order valence-corrected chi connectivity index (χ3v) is 5.71. The maximum atomic E-state index is 13.2. The average molecular weight is 471 g/mol. The van der Waals surface area contributed by atoms with E-state index in [0.717, 1.165) is 21.6 Å². The number of carbonyl (C=O) groups excluding carboxylic acids is 3. The zero-order valence-corrected chi connectivity index (χ0v) is 20.0. The van der Waals surface area contributed by atoms with E-state index in [0.29, 0.717) is 29.4 Å². The number of urea groups is 1. The van der Waals surface area contributed by atoms with Crippen LogP contribution in [-0.2, 0) is 16.2 Å². The summed E-state index contributed by atoms with van der Waals surface area (Å²) in [7, 11) is 1.52. The van der Waals surface area contributed by atoms with Crippen LogP contribution in [0.3, 0.4) is 0 Å². The van der Waals surface area contributed by atoms with Gasteiger partial charge in [-0.15, -0.1) is 0 Å². The number of carbonyl (C=O) groups is 3. The fraction of sp³-hybridized carbons (Fsp3) is 0.179. The van der Waals surface area contributed by atoms with Crippen LogP contribution in [-0.4, -0.2) is 25.0 Å². The number of hydrogen-bond donors (Lipinski definition) is 1. The summed E-state index contributed by atoms with van der Waals surface area (Å²) in [6.07, 6.45) is 1.44. The number of ether oxygens (including phenoxy) is 2. The van der Waals surface area contributed by atoms with Gasteiger partial charge in [0.25, 0.3) is 11.8 Å². The maximum Gasteiger partial charge on any atom is 0.335 e. The number of anilines is 1. The van der Waals surface area contributed by atoms with Gasteiger partial charge in [0.2, 0.25) is 0 Å². The molecule has 4 amide bonds. The van der Waals surface area contributed by atoms with Crippen molar-refractivity contribution in [2.45, 2.75) is 27.4 Å². The highest BCUT2D eigenvalue weighted by atomic mass is 16.5. The Labute approximate surface area is 204 Å². The van der Waals surface area contributed by atoms with E-state index < -0.39 is 17.8 Å². The first-order chi connectivity index (χ1) is 16.8. The molecule has 1 aliphatic rings. The number of imide groups is 2. The van der Waals surface area contributed by atoms with E-state index in [9.17, 15) is 14.4 Å². The van der Waals surface area contributed by atoms with Crippen molar-refractivity contribution in [3.05, 3.63) is 94.1 Å². The lowest BCUT2D eigenvalue weighted by Crippen LogP contribution is -2.54. The van der Waals surface area contributed by atoms with Gasteiger partial charge in [-0.1, -0.05) is 53.6 Å². The summed E-state index contributed by atoms with van der Waals surface area (Å²) < 4.78 is 11.4. The molecule has 0 aromatic heterocycles. The van der Waals surface area contributed by atoms with E-state index in [2.05, 4.69) is 5.32 Å². The Balaban J connectivity index is 1.60. The van der Waals surface area contributed by atoms with Crippen LogP contribution in [0.25, 0.3) is 6.08 Å². The lowest BCUT2D eigenvalue weighted by molar-refractivity contribution is -0.122.